The average Bonchev–Trinajstić information content (AvgIpc) is 3.13. The van der Waals surface area contributed by atoms with Crippen LogP contribution in [0.3, 0.4) is 0 Å². The maximum absolute atomic E-state index is 13.2. The molecule has 1 aliphatic rings. The number of nitrogens with zero attached hydrogens (tertiary/aromatic N) is 1. The summed E-state index contributed by atoms with van der Waals surface area (Å²) in [5.41, 5.74) is 2.63. The Bertz CT molecular complexity index is 1450. The lowest BCUT2D eigenvalue weighted by molar-refractivity contribution is -0.123. The molecule has 4 aromatic rings. The molecular weight excluding hydrogens is 546 g/mol. The number of benzene rings is 4. The molecule has 0 aliphatic carbocycles. The van der Waals surface area contributed by atoms with Crippen LogP contribution in [0.4, 0.5) is 4.79 Å². The Kier molecular flexibility index (Phi) is 6.95. The SMILES string of the molecule is O=C1S/C(=C/c2c(OCc3ccc(Br)cc3)ccc3ccccc23)C(=O)N1Cc1ccc(Cl)cc1. The largest absolute Gasteiger partial charge is 0.488 e. The van der Waals surface area contributed by atoms with Gasteiger partial charge in [0.1, 0.15) is 12.4 Å². The minimum absolute atomic E-state index is 0.196. The Balaban J connectivity index is 1.46. The van der Waals surface area contributed by atoms with Gasteiger partial charge in [-0.3, -0.25) is 14.5 Å². The van der Waals surface area contributed by atoms with Gasteiger partial charge in [0.2, 0.25) is 0 Å². The van der Waals surface area contributed by atoms with Crippen LogP contribution in [-0.4, -0.2) is 16.0 Å². The number of hydrogen-bond acceptors (Lipinski definition) is 4. The predicted octanol–water partition coefficient (Wildman–Crippen LogP) is 8.07. The third kappa shape index (κ3) is 5.30. The van der Waals surface area contributed by atoms with Crippen molar-refractivity contribution in [2.45, 2.75) is 13.2 Å². The van der Waals surface area contributed by atoms with E-state index in [9.17, 15) is 9.59 Å². The molecule has 1 aliphatic heterocycles. The molecule has 0 unspecified atom stereocenters. The minimum atomic E-state index is -0.318. The molecule has 0 aromatic heterocycles. The first-order chi connectivity index (χ1) is 17.0. The number of ether oxygens (including phenoxy) is 1. The molecule has 1 heterocycles. The van der Waals surface area contributed by atoms with Crippen molar-refractivity contribution in [1.82, 2.24) is 4.90 Å². The lowest BCUT2D eigenvalue weighted by atomic mass is 10.0. The summed E-state index contributed by atoms with van der Waals surface area (Å²) < 4.78 is 7.19. The second kappa shape index (κ2) is 10.3. The number of carbonyl (C=O) groups is 2. The van der Waals surface area contributed by atoms with Gasteiger partial charge in [0, 0.05) is 15.1 Å². The van der Waals surface area contributed by atoms with Crippen LogP contribution in [0.15, 0.2) is 94.3 Å². The van der Waals surface area contributed by atoms with Crippen molar-refractivity contribution in [2.24, 2.45) is 0 Å². The van der Waals surface area contributed by atoms with E-state index in [0.717, 1.165) is 43.7 Å². The van der Waals surface area contributed by atoms with Crippen molar-refractivity contribution in [3.05, 3.63) is 116 Å². The molecule has 0 bridgehead atoms. The van der Waals surface area contributed by atoms with Gasteiger partial charge in [0.25, 0.3) is 11.1 Å². The molecule has 4 nitrogen and oxygen atoms in total. The normalized spacial score (nSPS) is 14.8. The van der Waals surface area contributed by atoms with Gasteiger partial charge in [-0.05, 0) is 70.1 Å². The molecule has 0 saturated carbocycles. The Morgan fingerprint density at radius 2 is 1.60 bits per heavy atom. The van der Waals surface area contributed by atoms with Gasteiger partial charge in [0.05, 0.1) is 11.4 Å². The lowest BCUT2D eigenvalue weighted by Crippen LogP contribution is -2.27. The maximum atomic E-state index is 13.2. The van der Waals surface area contributed by atoms with Crippen molar-refractivity contribution in [2.75, 3.05) is 0 Å². The lowest BCUT2D eigenvalue weighted by Gasteiger charge is -2.14. The highest BCUT2D eigenvalue weighted by Crippen LogP contribution is 2.37. The molecule has 5 rings (SSSR count). The van der Waals surface area contributed by atoms with E-state index in [1.54, 1.807) is 18.2 Å². The summed E-state index contributed by atoms with van der Waals surface area (Å²) in [5, 5.41) is 2.28. The molecule has 0 spiro atoms. The Labute approximate surface area is 220 Å². The molecular formula is C28H19BrClNO3S. The molecule has 7 heteroatoms. The number of rotatable bonds is 6. The van der Waals surface area contributed by atoms with E-state index in [-0.39, 0.29) is 17.7 Å². The molecule has 2 amide bonds. The van der Waals surface area contributed by atoms with Crippen LogP contribution in [0.1, 0.15) is 16.7 Å². The van der Waals surface area contributed by atoms with E-state index in [2.05, 4.69) is 15.9 Å². The van der Waals surface area contributed by atoms with Gasteiger partial charge in [-0.25, -0.2) is 0 Å². The van der Waals surface area contributed by atoms with Crippen molar-refractivity contribution >= 4 is 67.3 Å². The molecule has 0 radical (unpaired) electrons. The summed E-state index contributed by atoms with van der Waals surface area (Å²) in [5.74, 6) is 0.331. The van der Waals surface area contributed by atoms with Crippen LogP contribution in [-0.2, 0) is 17.9 Å². The van der Waals surface area contributed by atoms with Crippen LogP contribution >= 0.6 is 39.3 Å². The minimum Gasteiger partial charge on any atom is -0.488 e. The number of halogens is 2. The molecule has 0 N–H and O–H groups in total. The monoisotopic (exact) mass is 563 g/mol. The standard InChI is InChI=1S/C28H19BrClNO3S/c29-21-10-5-19(6-11-21)17-34-25-14-9-20-3-1-2-4-23(20)24(25)15-26-27(32)31(28(33)35-26)16-18-7-12-22(30)13-8-18/h1-15H,16-17H2/b26-15+. The van der Waals surface area contributed by atoms with Crippen LogP contribution in [0.5, 0.6) is 5.75 Å². The predicted molar refractivity (Wildman–Crippen MR) is 145 cm³/mol. The van der Waals surface area contributed by atoms with E-state index >= 15 is 0 Å². The number of hydrogen-bond donors (Lipinski definition) is 0. The first kappa shape index (κ1) is 23.7. The fourth-order valence-corrected chi connectivity index (χ4v) is 5.04. The van der Waals surface area contributed by atoms with Gasteiger partial charge >= 0.3 is 0 Å². The van der Waals surface area contributed by atoms with E-state index < -0.39 is 0 Å². The molecule has 1 saturated heterocycles. The Morgan fingerprint density at radius 1 is 0.886 bits per heavy atom. The molecule has 35 heavy (non-hydrogen) atoms. The van der Waals surface area contributed by atoms with Crippen molar-refractivity contribution < 1.29 is 14.3 Å². The molecule has 1 fully saturated rings. The number of thioether (sulfide) groups is 1. The molecule has 174 valence electrons. The van der Waals surface area contributed by atoms with E-state index in [4.69, 9.17) is 16.3 Å². The summed E-state index contributed by atoms with van der Waals surface area (Å²) in [4.78, 5) is 27.5. The fourth-order valence-electron chi connectivity index (χ4n) is 3.83. The third-order valence-electron chi connectivity index (χ3n) is 5.64. The topological polar surface area (TPSA) is 46.6 Å². The molecule has 0 atom stereocenters. The summed E-state index contributed by atoms with van der Waals surface area (Å²) in [6, 6.07) is 26.9. The highest BCUT2D eigenvalue weighted by Gasteiger charge is 2.35. The van der Waals surface area contributed by atoms with Crippen LogP contribution in [0.25, 0.3) is 16.8 Å². The summed E-state index contributed by atoms with van der Waals surface area (Å²) in [7, 11) is 0. The number of imide groups is 1. The maximum Gasteiger partial charge on any atom is 0.293 e. The number of fused-ring (bicyclic) bond motifs is 1. The van der Waals surface area contributed by atoms with Gasteiger partial charge in [0.15, 0.2) is 0 Å². The second-order valence-corrected chi connectivity index (χ2v) is 10.4. The zero-order chi connectivity index (χ0) is 24.4. The van der Waals surface area contributed by atoms with Gasteiger partial charge in [-0.1, -0.05) is 82.1 Å². The smallest absolute Gasteiger partial charge is 0.293 e. The van der Waals surface area contributed by atoms with Crippen molar-refractivity contribution in [1.29, 1.82) is 0 Å². The Hall–Kier alpha value is -3.06. The zero-order valence-electron chi connectivity index (χ0n) is 18.4. The first-order valence-corrected chi connectivity index (χ1v) is 12.9. The number of amides is 2. The van der Waals surface area contributed by atoms with Crippen LogP contribution in [0, 0.1) is 0 Å². The first-order valence-electron chi connectivity index (χ1n) is 10.9. The highest BCUT2D eigenvalue weighted by molar-refractivity contribution is 9.10. The third-order valence-corrected chi connectivity index (χ3v) is 7.33. The average molecular weight is 565 g/mol. The van der Waals surface area contributed by atoms with E-state index in [1.807, 2.05) is 72.8 Å². The molecule has 4 aromatic carbocycles. The van der Waals surface area contributed by atoms with Crippen molar-refractivity contribution in [3.8, 4) is 5.75 Å². The summed E-state index contributed by atoms with van der Waals surface area (Å²) >= 11 is 10.4. The zero-order valence-corrected chi connectivity index (χ0v) is 21.6. The second-order valence-electron chi connectivity index (χ2n) is 8.01. The van der Waals surface area contributed by atoms with Gasteiger partial charge in [-0.2, -0.15) is 0 Å². The summed E-state index contributed by atoms with van der Waals surface area (Å²) in [6.45, 7) is 0.576. The van der Waals surface area contributed by atoms with Crippen LogP contribution < -0.4 is 4.74 Å². The van der Waals surface area contributed by atoms with Crippen LogP contribution in [0.2, 0.25) is 5.02 Å². The van der Waals surface area contributed by atoms with E-state index in [0.29, 0.717) is 22.3 Å². The van der Waals surface area contributed by atoms with Gasteiger partial charge < -0.3 is 4.74 Å². The quantitative estimate of drug-likeness (QED) is 0.222. The Morgan fingerprint density at radius 3 is 2.37 bits per heavy atom. The fraction of sp³-hybridized carbons (Fsp3) is 0.0714. The van der Waals surface area contributed by atoms with Gasteiger partial charge in [-0.15, -0.1) is 0 Å². The highest BCUT2D eigenvalue weighted by atomic mass is 79.9. The number of carbonyl (C=O) groups excluding carboxylic acids is 2. The summed E-state index contributed by atoms with van der Waals surface area (Å²) in [6.07, 6.45) is 1.77. The van der Waals surface area contributed by atoms with Crippen molar-refractivity contribution in [3.63, 3.8) is 0 Å². The van der Waals surface area contributed by atoms with E-state index in [1.165, 1.54) is 4.90 Å².